The molecule has 2 heterocycles. The highest BCUT2D eigenvalue weighted by Gasteiger charge is 2.33. The van der Waals surface area contributed by atoms with Gasteiger partial charge in [-0.3, -0.25) is 9.78 Å². The van der Waals surface area contributed by atoms with Gasteiger partial charge >= 0.3 is 5.97 Å². The van der Waals surface area contributed by atoms with Crippen LogP contribution in [0, 0.1) is 17.8 Å². The second kappa shape index (κ2) is 8.87. The fourth-order valence-electron chi connectivity index (χ4n) is 3.77. The number of carbonyl (C=O) groups is 1. The Hall–Kier alpha value is -1.89. The highest BCUT2D eigenvalue weighted by Crippen LogP contribution is 2.35. The quantitative estimate of drug-likeness (QED) is 0.551. The molecule has 2 aromatic heterocycles. The van der Waals surface area contributed by atoms with Crippen LogP contribution in [-0.4, -0.2) is 37.6 Å². The van der Waals surface area contributed by atoms with E-state index in [1.54, 1.807) is 12.4 Å². The van der Waals surface area contributed by atoms with E-state index in [0.29, 0.717) is 22.9 Å². The maximum atomic E-state index is 12.4. The number of aromatic nitrogens is 4. The fourth-order valence-corrected chi connectivity index (χ4v) is 4.46. The topological polar surface area (TPSA) is 69.9 Å². The lowest BCUT2D eigenvalue weighted by Gasteiger charge is -2.36. The fraction of sp³-hybridized carbons (Fsp3) is 0.600. The molecule has 0 N–H and O–H groups in total. The Kier molecular flexibility index (Phi) is 6.52. The molecule has 3 atom stereocenters. The molecular weight excluding hydrogens is 360 g/mol. The van der Waals surface area contributed by atoms with Crippen molar-refractivity contribution in [3.05, 3.63) is 24.5 Å². The van der Waals surface area contributed by atoms with Crippen LogP contribution in [0.25, 0.3) is 11.4 Å². The molecule has 1 saturated carbocycles. The van der Waals surface area contributed by atoms with Gasteiger partial charge in [0.15, 0.2) is 11.0 Å². The molecule has 3 rings (SSSR count). The summed E-state index contributed by atoms with van der Waals surface area (Å²) in [4.78, 5) is 16.5. The maximum absolute atomic E-state index is 12.4. The van der Waals surface area contributed by atoms with Crippen molar-refractivity contribution in [3.63, 3.8) is 0 Å². The van der Waals surface area contributed by atoms with Crippen molar-refractivity contribution in [3.8, 4) is 11.4 Å². The van der Waals surface area contributed by atoms with Crippen LogP contribution in [0.15, 0.2) is 29.7 Å². The first-order valence-corrected chi connectivity index (χ1v) is 10.6. The highest BCUT2D eigenvalue weighted by atomic mass is 32.2. The molecule has 0 spiro atoms. The summed E-state index contributed by atoms with van der Waals surface area (Å²) >= 11 is 1.37. The standard InChI is InChI=1S/C20H28N4O2S/c1-13(2)16-6-5-14(3)11-17(16)26-18(25)12-27-20-23-22-19(24(20)4)15-7-9-21-10-8-15/h7-10,13-14,16-17H,5-6,11-12H2,1-4H3/t14-,16-,17-/m1/s1. The van der Waals surface area contributed by atoms with E-state index >= 15 is 0 Å². The molecule has 146 valence electrons. The van der Waals surface area contributed by atoms with Crippen molar-refractivity contribution in [1.82, 2.24) is 19.7 Å². The van der Waals surface area contributed by atoms with Crippen molar-refractivity contribution < 1.29 is 9.53 Å². The van der Waals surface area contributed by atoms with Gasteiger partial charge < -0.3 is 9.30 Å². The van der Waals surface area contributed by atoms with Crippen molar-refractivity contribution in [2.24, 2.45) is 24.8 Å². The Labute approximate surface area is 165 Å². The third kappa shape index (κ3) is 4.89. The van der Waals surface area contributed by atoms with Crippen LogP contribution in [0.1, 0.15) is 40.0 Å². The molecule has 0 aliphatic heterocycles. The van der Waals surface area contributed by atoms with Crippen LogP contribution >= 0.6 is 11.8 Å². The zero-order valence-corrected chi connectivity index (χ0v) is 17.3. The van der Waals surface area contributed by atoms with Gasteiger partial charge in [0.05, 0.1) is 5.75 Å². The van der Waals surface area contributed by atoms with Gasteiger partial charge in [0.1, 0.15) is 6.10 Å². The van der Waals surface area contributed by atoms with Crippen molar-refractivity contribution in [1.29, 1.82) is 0 Å². The van der Waals surface area contributed by atoms with Crippen molar-refractivity contribution in [2.75, 3.05) is 5.75 Å². The number of hydrogen-bond acceptors (Lipinski definition) is 6. The lowest BCUT2D eigenvalue weighted by Crippen LogP contribution is -2.36. The van der Waals surface area contributed by atoms with E-state index in [-0.39, 0.29) is 17.8 Å². The molecule has 0 saturated heterocycles. The van der Waals surface area contributed by atoms with E-state index in [1.165, 1.54) is 18.2 Å². The summed E-state index contributed by atoms with van der Waals surface area (Å²) in [7, 11) is 1.90. The minimum Gasteiger partial charge on any atom is -0.461 e. The smallest absolute Gasteiger partial charge is 0.316 e. The van der Waals surface area contributed by atoms with Gasteiger partial charge in [0.2, 0.25) is 0 Å². The molecule has 1 fully saturated rings. The number of hydrogen-bond donors (Lipinski definition) is 0. The molecule has 0 radical (unpaired) electrons. The number of ether oxygens (including phenoxy) is 1. The number of carbonyl (C=O) groups excluding carboxylic acids is 1. The first kappa shape index (κ1) is 19.9. The van der Waals surface area contributed by atoms with Gasteiger partial charge in [-0.2, -0.15) is 0 Å². The number of esters is 1. The average Bonchev–Trinajstić information content (AvgIpc) is 3.01. The first-order chi connectivity index (χ1) is 13.0. The molecular formula is C20H28N4O2S. The predicted octanol–water partition coefficient (Wildman–Crippen LogP) is 3.97. The molecule has 0 bridgehead atoms. The normalized spacial score (nSPS) is 22.8. The Morgan fingerprint density at radius 1 is 1.30 bits per heavy atom. The van der Waals surface area contributed by atoms with Gasteiger partial charge in [-0.15, -0.1) is 10.2 Å². The van der Waals surface area contributed by atoms with E-state index in [2.05, 4.69) is 36.0 Å². The molecule has 7 heteroatoms. The molecule has 1 aliphatic rings. The van der Waals surface area contributed by atoms with Crippen molar-refractivity contribution in [2.45, 2.75) is 51.3 Å². The third-order valence-corrected chi connectivity index (χ3v) is 6.33. The van der Waals surface area contributed by atoms with Gasteiger partial charge in [0.25, 0.3) is 0 Å². The average molecular weight is 389 g/mol. The summed E-state index contributed by atoms with van der Waals surface area (Å²) < 4.78 is 7.76. The van der Waals surface area contributed by atoms with Crippen LogP contribution in [0.4, 0.5) is 0 Å². The SMILES string of the molecule is CC(C)[C@H]1CC[C@@H](C)C[C@H]1OC(=O)CSc1nnc(-c2ccncc2)n1C. The third-order valence-electron chi connectivity index (χ3n) is 5.34. The molecule has 0 amide bonds. The summed E-state index contributed by atoms with van der Waals surface area (Å²) in [5.74, 6) is 2.45. The van der Waals surface area contributed by atoms with Crippen LogP contribution in [-0.2, 0) is 16.6 Å². The lowest BCUT2D eigenvalue weighted by atomic mass is 9.75. The molecule has 27 heavy (non-hydrogen) atoms. The monoisotopic (exact) mass is 388 g/mol. The maximum Gasteiger partial charge on any atom is 0.316 e. The van der Waals surface area contributed by atoms with Gasteiger partial charge in [0, 0.05) is 25.0 Å². The number of pyridine rings is 1. The zero-order valence-electron chi connectivity index (χ0n) is 16.5. The van der Waals surface area contributed by atoms with E-state index in [0.717, 1.165) is 24.2 Å². The molecule has 0 aromatic carbocycles. The van der Waals surface area contributed by atoms with Crippen LogP contribution in [0.2, 0.25) is 0 Å². The summed E-state index contributed by atoms with van der Waals surface area (Å²) in [5, 5.41) is 9.16. The number of thioether (sulfide) groups is 1. The van der Waals surface area contributed by atoms with Crippen LogP contribution in [0.3, 0.4) is 0 Å². The Balaban J connectivity index is 1.58. The van der Waals surface area contributed by atoms with E-state index < -0.39 is 0 Å². The van der Waals surface area contributed by atoms with E-state index in [1.807, 2.05) is 23.7 Å². The van der Waals surface area contributed by atoms with Gasteiger partial charge in [-0.05, 0) is 42.7 Å². The van der Waals surface area contributed by atoms with Crippen molar-refractivity contribution >= 4 is 17.7 Å². The number of nitrogens with zero attached hydrogens (tertiary/aromatic N) is 4. The lowest BCUT2D eigenvalue weighted by molar-refractivity contribution is -0.152. The summed E-state index contributed by atoms with van der Waals surface area (Å²) in [5.41, 5.74) is 0.949. The molecule has 6 nitrogen and oxygen atoms in total. The second-order valence-electron chi connectivity index (χ2n) is 7.74. The van der Waals surface area contributed by atoms with E-state index in [9.17, 15) is 4.79 Å². The van der Waals surface area contributed by atoms with E-state index in [4.69, 9.17) is 4.74 Å². The van der Waals surface area contributed by atoms with Gasteiger partial charge in [-0.1, -0.05) is 39.0 Å². The minimum absolute atomic E-state index is 0.0359. The predicted molar refractivity (Wildman–Crippen MR) is 106 cm³/mol. The summed E-state index contributed by atoms with van der Waals surface area (Å²) in [6.45, 7) is 6.68. The summed E-state index contributed by atoms with van der Waals surface area (Å²) in [6.07, 6.45) is 6.82. The first-order valence-electron chi connectivity index (χ1n) is 9.57. The van der Waals surface area contributed by atoms with Crippen LogP contribution < -0.4 is 0 Å². The zero-order chi connectivity index (χ0) is 19.4. The van der Waals surface area contributed by atoms with Crippen LogP contribution in [0.5, 0.6) is 0 Å². The van der Waals surface area contributed by atoms with Gasteiger partial charge in [-0.25, -0.2) is 0 Å². The largest absolute Gasteiger partial charge is 0.461 e. The Morgan fingerprint density at radius 2 is 2.04 bits per heavy atom. The highest BCUT2D eigenvalue weighted by molar-refractivity contribution is 7.99. The second-order valence-corrected chi connectivity index (χ2v) is 8.69. The minimum atomic E-state index is -0.168. The molecule has 2 aromatic rings. The summed E-state index contributed by atoms with van der Waals surface area (Å²) in [6, 6.07) is 3.78. The Morgan fingerprint density at radius 3 is 2.74 bits per heavy atom. The number of rotatable bonds is 6. The molecule has 0 unspecified atom stereocenters. The molecule has 1 aliphatic carbocycles. The Bertz CT molecular complexity index is 763.